The highest BCUT2D eigenvalue weighted by atomic mass is 16.2. The molecule has 0 spiro atoms. The number of rotatable bonds is 13. The number of aryl methyl sites for hydroxylation is 2. The minimum absolute atomic E-state index is 0.352. The van der Waals surface area contributed by atoms with Gasteiger partial charge in [-0.3, -0.25) is 0 Å². The zero-order chi connectivity index (χ0) is 14.5. The van der Waals surface area contributed by atoms with Gasteiger partial charge in [-0.25, -0.2) is 4.98 Å². The van der Waals surface area contributed by atoms with Gasteiger partial charge in [-0.15, -0.1) is 0 Å². The van der Waals surface area contributed by atoms with E-state index in [1.165, 1.54) is 57.2 Å². The van der Waals surface area contributed by atoms with Gasteiger partial charge in [-0.05, 0) is 19.3 Å². The Kier molecular flexibility index (Phi) is 10.3. The van der Waals surface area contributed by atoms with Gasteiger partial charge >= 0.3 is 0 Å². The van der Waals surface area contributed by atoms with Crippen molar-refractivity contribution < 1.29 is 5.11 Å². The van der Waals surface area contributed by atoms with Crippen molar-refractivity contribution in [3.63, 3.8) is 0 Å². The lowest BCUT2D eigenvalue weighted by atomic mass is 10.1. The molecule has 0 amide bonds. The summed E-state index contributed by atoms with van der Waals surface area (Å²) in [5, 5.41) is 8.69. The van der Waals surface area contributed by atoms with Gasteiger partial charge in [0.1, 0.15) is 5.82 Å². The highest BCUT2D eigenvalue weighted by Gasteiger charge is 2.00. The predicted molar refractivity (Wildman–Crippen MR) is 84.5 cm³/mol. The molecular formula is C17H31N2O. The topological polar surface area (TPSA) is 38.0 Å². The lowest BCUT2D eigenvalue weighted by Gasteiger charge is -2.07. The van der Waals surface area contributed by atoms with Gasteiger partial charge < -0.3 is 9.67 Å². The van der Waals surface area contributed by atoms with E-state index in [-0.39, 0.29) is 0 Å². The van der Waals surface area contributed by atoms with Crippen LogP contribution >= 0.6 is 0 Å². The molecule has 0 saturated carbocycles. The summed E-state index contributed by atoms with van der Waals surface area (Å²) in [5.74, 6) is 1.18. The molecule has 0 aromatic carbocycles. The number of hydrogen-bond donors (Lipinski definition) is 1. The first-order valence-corrected chi connectivity index (χ1v) is 8.28. The third-order valence-electron chi connectivity index (χ3n) is 3.76. The summed E-state index contributed by atoms with van der Waals surface area (Å²) in [6, 6.07) is 0. The van der Waals surface area contributed by atoms with Crippen LogP contribution in [0, 0.1) is 6.92 Å². The monoisotopic (exact) mass is 279 g/mol. The number of hydrogen-bond acceptors (Lipinski definition) is 2. The third kappa shape index (κ3) is 7.68. The fraction of sp³-hybridized carbons (Fsp3) is 0.765. The average Bonchev–Trinajstić information content (AvgIpc) is 2.89. The van der Waals surface area contributed by atoms with Gasteiger partial charge in [0.25, 0.3) is 0 Å². The van der Waals surface area contributed by atoms with E-state index in [1.54, 1.807) is 0 Å². The van der Waals surface area contributed by atoms with Gasteiger partial charge in [-0.1, -0.05) is 51.9 Å². The van der Waals surface area contributed by atoms with Gasteiger partial charge in [0, 0.05) is 32.0 Å². The highest BCUT2D eigenvalue weighted by molar-refractivity contribution is 4.92. The molecule has 0 atom stereocenters. The van der Waals surface area contributed by atoms with Crippen LogP contribution in [0.3, 0.4) is 0 Å². The molecule has 0 aliphatic rings. The van der Waals surface area contributed by atoms with Crippen molar-refractivity contribution in [2.24, 2.45) is 0 Å². The van der Waals surface area contributed by atoms with Gasteiger partial charge in [0.2, 0.25) is 0 Å². The zero-order valence-electron chi connectivity index (χ0n) is 12.9. The lowest BCUT2D eigenvalue weighted by Crippen LogP contribution is -2.03. The first kappa shape index (κ1) is 17.2. The van der Waals surface area contributed by atoms with Crippen LogP contribution in [0.25, 0.3) is 0 Å². The molecule has 1 radical (unpaired) electrons. The quantitative estimate of drug-likeness (QED) is 0.551. The molecule has 1 aromatic rings. The van der Waals surface area contributed by atoms with Gasteiger partial charge in [0.05, 0.1) is 0 Å². The van der Waals surface area contributed by atoms with Crippen LogP contribution in [-0.4, -0.2) is 21.3 Å². The minimum Gasteiger partial charge on any atom is -0.396 e. The molecule has 0 aliphatic carbocycles. The van der Waals surface area contributed by atoms with Crippen molar-refractivity contribution in [1.29, 1.82) is 0 Å². The number of imidazole rings is 1. The van der Waals surface area contributed by atoms with E-state index < -0.39 is 0 Å². The summed E-state index contributed by atoms with van der Waals surface area (Å²) in [5.41, 5.74) is 0. The largest absolute Gasteiger partial charge is 0.396 e. The normalized spacial score (nSPS) is 11.1. The highest BCUT2D eigenvalue weighted by Crippen LogP contribution is 2.11. The Morgan fingerprint density at radius 3 is 2.15 bits per heavy atom. The summed E-state index contributed by atoms with van der Waals surface area (Å²) < 4.78 is 2.28. The van der Waals surface area contributed by atoms with Crippen molar-refractivity contribution in [1.82, 2.24) is 9.55 Å². The van der Waals surface area contributed by atoms with Crippen LogP contribution in [-0.2, 0) is 13.0 Å². The lowest BCUT2D eigenvalue weighted by molar-refractivity contribution is 0.282. The van der Waals surface area contributed by atoms with E-state index in [1.807, 2.05) is 6.20 Å². The van der Waals surface area contributed by atoms with Crippen molar-refractivity contribution in [2.75, 3.05) is 6.61 Å². The van der Waals surface area contributed by atoms with Gasteiger partial charge in [0.15, 0.2) is 0 Å². The Balaban J connectivity index is 1.93. The number of nitrogens with zero attached hydrogens (tertiary/aromatic N) is 2. The second kappa shape index (κ2) is 12.0. The maximum Gasteiger partial charge on any atom is 0.108 e. The first-order valence-electron chi connectivity index (χ1n) is 8.28. The molecule has 115 valence electrons. The fourth-order valence-corrected chi connectivity index (χ4v) is 2.56. The Labute approximate surface area is 124 Å². The van der Waals surface area contributed by atoms with Gasteiger partial charge in [-0.2, -0.15) is 0 Å². The molecule has 0 saturated heterocycles. The Morgan fingerprint density at radius 2 is 1.55 bits per heavy atom. The Hall–Kier alpha value is -0.830. The summed E-state index contributed by atoms with van der Waals surface area (Å²) in [6.45, 7) is 5.35. The van der Waals surface area contributed by atoms with E-state index >= 15 is 0 Å². The maximum atomic E-state index is 8.69. The van der Waals surface area contributed by atoms with Crippen LogP contribution < -0.4 is 0 Å². The third-order valence-corrected chi connectivity index (χ3v) is 3.76. The predicted octanol–water partition coefficient (Wildman–Crippen LogP) is 4.15. The fourth-order valence-electron chi connectivity index (χ4n) is 2.56. The Bertz CT molecular complexity index is 323. The molecule has 0 unspecified atom stereocenters. The zero-order valence-corrected chi connectivity index (χ0v) is 12.9. The summed E-state index contributed by atoms with van der Waals surface area (Å²) in [4.78, 5) is 4.37. The molecule has 0 bridgehead atoms. The van der Waals surface area contributed by atoms with Crippen LogP contribution in [0.2, 0.25) is 0 Å². The van der Waals surface area contributed by atoms with Crippen LogP contribution in [0.4, 0.5) is 0 Å². The number of aliphatic hydroxyl groups excluding tert-OH is 1. The maximum absolute atomic E-state index is 8.69. The molecule has 1 aromatic heterocycles. The average molecular weight is 279 g/mol. The summed E-state index contributed by atoms with van der Waals surface area (Å²) in [7, 11) is 0. The number of aliphatic hydroxyl groups is 1. The first-order chi connectivity index (χ1) is 9.88. The molecule has 1 heterocycles. The van der Waals surface area contributed by atoms with Crippen molar-refractivity contribution in [3.8, 4) is 0 Å². The second-order valence-electron chi connectivity index (χ2n) is 5.55. The molecular weight excluding hydrogens is 248 g/mol. The number of aromatic nitrogens is 2. The Morgan fingerprint density at radius 1 is 0.950 bits per heavy atom. The van der Waals surface area contributed by atoms with E-state index in [4.69, 9.17) is 5.11 Å². The SMILES string of the molecule is [CH2]CCc1nccn1CCCCCCCCCCCO. The van der Waals surface area contributed by atoms with Crippen LogP contribution in [0.15, 0.2) is 12.4 Å². The van der Waals surface area contributed by atoms with Crippen molar-refractivity contribution in [3.05, 3.63) is 25.1 Å². The van der Waals surface area contributed by atoms with Crippen LogP contribution in [0.1, 0.15) is 70.0 Å². The molecule has 3 heteroatoms. The molecule has 1 N–H and O–H groups in total. The standard InChI is InChI=1S/C17H31N2O/c1-2-12-17-18-13-15-19(17)14-10-8-6-4-3-5-7-9-11-16-20/h13,15,20H,1-12,14,16H2. The minimum atomic E-state index is 0.352. The molecule has 0 aliphatic heterocycles. The van der Waals surface area contributed by atoms with E-state index in [0.717, 1.165) is 25.8 Å². The summed E-state index contributed by atoms with van der Waals surface area (Å²) >= 11 is 0. The number of unbranched alkanes of at least 4 members (excludes halogenated alkanes) is 8. The van der Waals surface area contributed by atoms with E-state index in [0.29, 0.717) is 6.61 Å². The second-order valence-corrected chi connectivity index (χ2v) is 5.55. The molecule has 20 heavy (non-hydrogen) atoms. The molecule has 1 rings (SSSR count). The van der Waals surface area contributed by atoms with E-state index in [2.05, 4.69) is 22.7 Å². The molecule has 0 fully saturated rings. The smallest absolute Gasteiger partial charge is 0.108 e. The van der Waals surface area contributed by atoms with Crippen molar-refractivity contribution >= 4 is 0 Å². The van der Waals surface area contributed by atoms with Crippen molar-refractivity contribution in [2.45, 2.75) is 77.2 Å². The van der Waals surface area contributed by atoms with E-state index in [9.17, 15) is 0 Å². The summed E-state index contributed by atoms with van der Waals surface area (Å²) in [6.07, 6.45) is 17.3. The van der Waals surface area contributed by atoms with Crippen LogP contribution in [0.5, 0.6) is 0 Å². The molecule has 3 nitrogen and oxygen atoms in total.